The third-order valence-corrected chi connectivity index (χ3v) is 3.60. The molecule has 0 aliphatic heterocycles. The average molecular weight is 319 g/mol. The topological polar surface area (TPSA) is 55.2 Å². The summed E-state index contributed by atoms with van der Waals surface area (Å²) in [6.45, 7) is -0.615. The van der Waals surface area contributed by atoms with E-state index in [0.29, 0.717) is 5.69 Å². The fourth-order valence-corrected chi connectivity index (χ4v) is 2.36. The van der Waals surface area contributed by atoms with E-state index >= 15 is 0 Å². The van der Waals surface area contributed by atoms with Crippen molar-refractivity contribution in [1.82, 2.24) is 14.7 Å². The summed E-state index contributed by atoms with van der Waals surface area (Å²) in [6.07, 6.45) is -1.16. The van der Waals surface area contributed by atoms with Crippen molar-refractivity contribution >= 4 is 5.91 Å². The molecule has 23 heavy (non-hydrogen) atoms. The average Bonchev–Trinajstić information content (AvgIpc) is 3.38. The zero-order chi connectivity index (χ0) is 16.4. The Kier molecular flexibility index (Phi) is 4.18. The van der Waals surface area contributed by atoms with Gasteiger partial charge >= 0.3 is 0 Å². The Balaban J connectivity index is 1.93. The third-order valence-electron chi connectivity index (χ3n) is 3.60. The van der Waals surface area contributed by atoms with Gasteiger partial charge in [0.25, 0.3) is 17.9 Å². The molecule has 1 aliphatic rings. The van der Waals surface area contributed by atoms with Gasteiger partial charge < -0.3 is 4.90 Å². The molecule has 0 radical (unpaired) electrons. The number of hydrogen-bond donors (Lipinski definition) is 0. The van der Waals surface area contributed by atoms with Crippen LogP contribution in [0.25, 0.3) is 5.69 Å². The summed E-state index contributed by atoms with van der Waals surface area (Å²) in [6, 6.07) is 11.0. The number of aromatic nitrogens is 2. The van der Waals surface area contributed by atoms with Crippen LogP contribution in [-0.4, -0.2) is 39.6 Å². The maximum atomic E-state index is 12.7. The largest absolute Gasteiger partial charge is 0.329 e. The normalized spacial score (nSPS) is 14.0. The number of amides is 1. The van der Waals surface area contributed by atoms with E-state index in [9.17, 15) is 18.4 Å². The highest BCUT2D eigenvalue weighted by Crippen LogP contribution is 2.28. The minimum absolute atomic E-state index is 0.0130. The van der Waals surface area contributed by atoms with Crippen molar-refractivity contribution in [3.05, 3.63) is 58.5 Å². The van der Waals surface area contributed by atoms with Crippen LogP contribution in [0.5, 0.6) is 0 Å². The predicted octanol–water partition coefficient (Wildman–Crippen LogP) is 2.10. The summed E-state index contributed by atoms with van der Waals surface area (Å²) in [5, 5.41) is 4.05. The van der Waals surface area contributed by atoms with Gasteiger partial charge in [0.2, 0.25) is 0 Å². The Morgan fingerprint density at radius 2 is 1.91 bits per heavy atom. The number of nitrogens with zero attached hydrogens (tertiary/aromatic N) is 3. The number of alkyl halides is 2. The number of carbonyl (C=O) groups excluding carboxylic acids is 1. The fraction of sp³-hybridized carbons (Fsp3) is 0.312. The van der Waals surface area contributed by atoms with E-state index < -0.39 is 18.9 Å². The van der Waals surface area contributed by atoms with Gasteiger partial charge in [-0.2, -0.15) is 9.78 Å². The van der Waals surface area contributed by atoms with E-state index in [4.69, 9.17) is 0 Å². The molecule has 1 amide bonds. The molecule has 0 atom stereocenters. The molecule has 2 aromatic rings. The summed E-state index contributed by atoms with van der Waals surface area (Å²) in [5.41, 5.74) is 0.111. The molecule has 0 spiro atoms. The van der Waals surface area contributed by atoms with Crippen LogP contribution in [0.2, 0.25) is 0 Å². The number of halogens is 2. The molecular weight excluding hydrogens is 304 g/mol. The van der Waals surface area contributed by atoms with Crippen LogP contribution in [0.4, 0.5) is 8.78 Å². The van der Waals surface area contributed by atoms with Crippen LogP contribution in [0.1, 0.15) is 23.3 Å². The first-order valence-electron chi connectivity index (χ1n) is 7.31. The molecule has 3 rings (SSSR count). The maximum Gasteiger partial charge on any atom is 0.274 e. The van der Waals surface area contributed by atoms with Gasteiger partial charge in [-0.1, -0.05) is 18.2 Å². The van der Waals surface area contributed by atoms with E-state index in [1.165, 1.54) is 12.1 Å². The van der Waals surface area contributed by atoms with Gasteiger partial charge in [0.05, 0.1) is 12.2 Å². The first-order chi connectivity index (χ1) is 11.1. The lowest BCUT2D eigenvalue weighted by atomic mass is 10.3. The number of benzene rings is 1. The minimum atomic E-state index is -2.60. The van der Waals surface area contributed by atoms with Crippen molar-refractivity contribution < 1.29 is 13.6 Å². The molecule has 1 aromatic carbocycles. The second-order valence-electron chi connectivity index (χ2n) is 5.38. The highest BCUT2D eigenvalue weighted by atomic mass is 19.3. The van der Waals surface area contributed by atoms with Crippen LogP contribution in [0.15, 0.2) is 47.3 Å². The van der Waals surface area contributed by atoms with Crippen LogP contribution in [0.3, 0.4) is 0 Å². The molecule has 1 heterocycles. The number of hydrogen-bond acceptors (Lipinski definition) is 3. The van der Waals surface area contributed by atoms with Crippen LogP contribution in [-0.2, 0) is 0 Å². The molecule has 5 nitrogen and oxygen atoms in total. The molecule has 0 unspecified atom stereocenters. The quantitative estimate of drug-likeness (QED) is 0.848. The lowest BCUT2D eigenvalue weighted by Crippen LogP contribution is -2.38. The first kappa shape index (κ1) is 15.3. The predicted molar refractivity (Wildman–Crippen MR) is 79.9 cm³/mol. The molecule has 120 valence electrons. The van der Waals surface area contributed by atoms with Crippen LogP contribution in [0, 0.1) is 0 Å². The molecule has 1 aliphatic carbocycles. The van der Waals surface area contributed by atoms with E-state index in [0.717, 1.165) is 22.4 Å². The van der Waals surface area contributed by atoms with Gasteiger partial charge in [-0.3, -0.25) is 9.59 Å². The number of rotatable bonds is 5. The molecule has 0 N–H and O–H groups in total. The van der Waals surface area contributed by atoms with Crippen molar-refractivity contribution in [2.24, 2.45) is 0 Å². The van der Waals surface area contributed by atoms with Crippen LogP contribution >= 0.6 is 0 Å². The second kappa shape index (κ2) is 6.28. The lowest BCUT2D eigenvalue weighted by molar-refractivity contribution is 0.0527. The molecule has 7 heteroatoms. The maximum absolute atomic E-state index is 12.7. The Morgan fingerprint density at radius 3 is 2.52 bits per heavy atom. The van der Waals surface area contributed by atoms with Crippen molar-refractivity contribution in [3.63, 3.8) is 0 Å². The molecule has 1 saturated carbocycles. The number of para-hydroxylation sites is 1. The van der Waals surface area contributed by atoms with Gasteiger partial charge in [-0.15, -0.1) is 0 Å². The van der Waals surface area contributed by atoms with Gasteiger partial charge in [0.1, 0.15) is 5.69 Å². The van der Waals surface area contributed by atoms with Gasteiger partial charge in [-0.25, -0.2) is 8.78 Å². The number of carbonyl (C=O) groups is 1. The van der Waals surface area contributed by atoms with Gasteiger partial charge in [-0.05, 0) is 31.0 Å². The van der Waals surface area contributed by atoms with Crippen molar-refractivity contribution in [3.8, 4) is 5.69 Å². The van der Waals surface area contributed by atoms with Gasteiger partial charge in [0, 0.05) is 12.1 Å². The molecule has 1 aromatic heterocycles. The van der Waals surface area contributed by atoms with Crippen molar-refractivity contribution in [2.45, 2.75) is 25.3 Å². The Morgan fingerprint density at radius 1 is 1.22 bits per heavy atom. The minimum Gasteiger partial charge on any atom is -0.329 e. The van der Waals surface area contributed by atoms with Crippen molar-refractivity contribution in [1.29, 1.82) is 0 Å². The Labute approximate surface area is 131 Å². The molecule has 0 bridgehead atoms. The molecular formula is C16H15F2N3O2. The third kappa shape index (κ3) is 3.44. The second-order valence-corrected chi connectivity index (χ2v) is 5.38. The zero-order valence-corrected chi connectivity index (χ0v) is 12.2. The summed E-state index contributed by atoms with van der Waals surface area (Å²) in [7, 11) is 0. The van der Waals surface area contributed by atoms with Gasteiger partial charge in [0.15, 0.2) is 0 Å². The molecule has 0 saturated heterocycles. The summed E-state index contributed by atoms with van der Waals surface area (Å²) >= 11 is 0. The highest BCUT2D eigenvalue weighted by Gasteiger charge is 2.35. The highest BCUT2D eigenvalue weighted by molar-refractivity contribution is 5.92. The monoisotopic (exact) mass is 319 g/mol. The first-order valence-corrected chi connectivity index (χ1v) is 7.31. The van der Waals surface area contributed by atoms with E-state index in [1.807, 2.05) is 0 Å². The van der Waals surface area contributed by atoms with E-state index in [-0.39, 0.29) is 17.3 Å². The standard InChI is InChI=1S/C16H15F2N3O2/c17-14(18)10-20(11-6-7-11)16(23)13-8-9-15(22)21(19-13)12-4-2-1-3-5-12/h1-5,8-9,11,14H,6-7,10H2. The fourth-order valence-electron chi connectivity index (χ4n) is 2.36. The molecule has 1 fully saturated rings. The summed E-state index contributed by atoms with van der Waals surface area (Å²) in [4.78, 5) is 25.6. The zero-order valence-electron chi connectivity index (χ0n) is 12.2. The van der Waals surface area contributed by atoms with E-state index in [2.05, 4.69) is 5.10 Å². The SMILES string of the molecule is O=C(c1ccc(=O)n(-c2ccccc2)n1)N(CC(F)F)C1CC1. The summed E-state index contributed by atoms with van der Waals surface area (Å²) < 4.78 is 26.5. The Hall–Kier alpha value is -2.57. The summed E-state index contributed by atoms with van der Waals surface area (Å²) in [5.74, 6) is -0.572. The lowest BCUT2D eigenvalue weighted by Gasteiger charge is -2.21. The van der Waals surface area contributed by atoms with E-state index in [1.54, 1.807) is 30.3 Å². The smallest absolute Gasteiger partial charge is 0.274 e. The van der Waals surface area contributed by atoms with Crippen LogP contribution < -0.4 is 5.56 Å². The van der Waals surface area contributed by atoms with Crippen molar-refractivity contribution in [2.75, 3.05) is 6.54 Å². The Bertz CT molecular complexity index is 757.